The lowest BCUT2D eigenvalue weighted by molar-refractivity contribution is 0.102. The van der Waals surface area contributed by atoms with Gasteiger partial charge in [0.05, 0.1) is 0 Å². The number of hydrogen-bond donors (Lipinski definition) is 2. The molecule has 0 aliphatic rings. The number of nitrogens with one attached hydrogen (secondary N) is 2. The van der Waals surface area contributed by atoms with Gasteiger partial charge in [-0.05, 0) is 49.7 Å². The van der Waals surface area contributed by atoms with Gasteiger partial charge in [0.1, 0.15) is 5.69 Å². The molecule has 4 nitrogen and oxygen atoms in total. The van der Waals surface area contributed by atoms with Crippen molar-refractivity contribution in [2.75, 3.05) is 10.6 Å². The number of carbonyl (C=O) groups is 1. The summed E-state index contributed by atoms with van der Waals surface area (Å²) in [6.07, 6.45) is 1.63. The van der Waals surface area contributed by atoms with Crippen LogP contribution in [0.5, 0.6) is 0 Å². The van der Waals surface area contributed by atoms with E-state index in [1.807, 2.05) is 68.4 Å². The number of para-hydroxylation sites is 1. The number of pyridine rings is 1. The van der Waals surface area contributed by atoms with Crippen LogP contribution >= 0.6 is 0 Å². The maximum Gasteiger partial charge on any atom is 0.274 e. The van der Waals surface area contributed by atoms with E-state index in [1.54, 1.807) is 12.3 Å². The second-order valence-electron chi connectivity index (χ2n) is 5.69. The van der Waals surface area contributed by atoms with Crippen molar-refractivity contribution >= 4 is 23.0 Å². The predicted octanol–water partition coefficient (Wildman–Crippen LogP) is 4.69. The molecule has 0 atom stereocenters. The Labute approximate surface area is 141 Å². The van der Waals surface area contributed by atoms with Gasteiger partial charge < -0.3 is 10.6 Å². The van der Waals surface area contributed by atoms with Crippen molar-refractivity contribution in [2.24, 2.45) is 0 Å². The van der Waals surface area contributed by atoms with Gasteiger partial charge in [0.2, 0.25) is 0 Å². The monoisotopic (exact) mass is 317 g/mol. The van der Waals surface area contributed by atoms with Gasteiger partial charge in [-0.15, -0.1) is 0 Å². The van der Waals surface area contributed by atoms with Gasteiger partial charge in [0.25, 0.3) is 5.91 Å². The lowest BCUT2D eigenvalue weighted by Crippen LogP contribution is -2.14. The Morgan fingerprint density at radius 1 is 0.917 bits per heavy atom. The summed E-state index contributed by atoms with van der Waals surface area (Å²) in [6, 6.07) is 19.3. The lowest BCUT2D eigenvalue weighted by atomic mass is 10.2. The third-order valence-corrected chi connectivity index (χ3v) is 3.73. The van der Waals surface area contributed by atoms with Crippen LogP contribution in [0, 0.1) is 13.8 Å². The van der Waals surface area contributed by atoms with E-state index in [0.717, 1.165) is 22.6 Å². The minimum absolute atomic E-state index is 0.225. The number of benzene rings is 2. The summed E-state index contributed by atoms with van der Waals surface area (Å²) in [5, 5.41) is 6.18. The highest BCUT2D eigenvalue weighted by Crippen LogP contribution is 2.19. The highest BCUT2D eigenvalue weighted by Gasteiger charge is 2.09. The molecular formula is C20H19N3O. The van der Waals surface area contributed by atoms with E-state index in [-0.39, 0.29) is 5.91 Å². The van der Waals surface area contributed by atoms with Crippen molar-refractivity contribution in [3.05, 3.63) is 83.7 Å². The highest BCUT2D eigenvalue weighted by atomic mass is 16.1. The standard InChI is InChI=1S/C20H19N3O/c1-14-7-9-16(10-8-14)22-17-11-12-21-19(13-17)20(24)23-18-6-4-3-5-15(18)2/h3-13H,1-2H3,(H,21,22)(H,23,24). The molecule has 0 unspecified atom stereocenters. The fourth-order valence-corrected chi connectivity index (χ4v) is 2.34. The molecule has 1 aromatic heterocycles. The molecule has 1 amide bonds. The third kappa shape index (κ3) is 3.79. The molecule has 3 rings (SSSR count). The fourth-order valence-electron chi connectivity index (χ4n) is 2.34. The fraction of sp³-hybridized carbons (Fsp3) is 0.100. The van der Waals surface area contributed by atoms with Crippen LogP contribution in [-0.2, 0) is 0 Å². The first-order valence-electron chi connectivity index (χ1n) is 7.78. The molecule has 0 radical (unpaired) electrons. The summed E-state index contributed by atoms with van der Waals surface area (Å²) in [5.41, 5.74) is 5.17. The molecule has 0 spiro atoms. The Balaban J connectivity index is 1.76. The Morgan fingerprint density at radius 2 is 1.67 bits per heavy atom. The van der Waals surface area contributed by atoms with Crippen LogP contribution in [0.1, 0.15) is 21.6 Å². The minimum atomic E-state index is -0.225. The van der Waals surface area contributed by atoms with E-state index in [1.165, 1.54) is 5.56 Å². The van der Waals surface area contributed by atoms with Crippen molar-refractivity contribution in [2.45, 2.75) is 13.8 Å². The van der Waals surface area contributed by atoms with Gasteiger partial charge in [-0.2, -0.15) is 0 Å². The van der Waals surface area contributed by atoms with E-state index in [4.69, 9.17) is 0 Å². The van der Waals surface area contributed by atoms with Gasteiger partial charge in [0, 0.05) is 23.3 Å². The second kappa shape index (κ2) is 6.96. The first kappa shape index (κ1) is 15.7. The first-order chi connectivity index (χ1) is 11.6. The molecule has 120 valence electrons. The average Bonchev–Trinajstić information content (AvgIpc) is 2.59. The van der Waals surface area contributed by atoms with Crippen LogP contribution in [-0.4, -0.2) is 10.9 Å². The normalized spacial score (nSPS) is 10.2. The molecule has 24 heavy (non-hydrogen) atoms. The zero-order chi connectivity index (χ0) is 16.9. The number of rotatable bonds is 4. The summed E-state index contributed by atoms with van der Waals surface area (Å²) in [4.78, 5) is 16.6. The molecule has 0 aliphatic carbocycles. The summed E-state index contributed by atoms with van der Waals surface area (Å²) in [6.45, 7) is 4.00. The summed E-state index contributed by atoms with van der Waals surface area (Å²) >= 11 is 0. The highest BCUT2D eigenvalue weighted by molar-refractivity contribution is 6.03. The van der Waals surface area contributed by atoms with E-state index in [2.05, 4.69) is 15.6 Å². The summed E-state index contributed by atoms with van der Waals surface area (Å²) in [7, 11) is 0. The number of nitrogens with zero attached hydrogens (tertiary/aromatic N) is 1. The molecule has 2 N–H and O–H groups in total. The SMILES string of the molecule is Cc1ccc(Nc2ccnc(C(=O)Nc3ccccc3C)c2)cc1. The molecule has 0 saturated heterocycles. The topological polar surface area (TPSA) is 54.0 Å². The van der Waals surface area contributed by atoms with Gasteiger partial charge in [-0.3, -0.25) is 9.78 Å². The number of aryl methyl sites for hydroxylation is 2. The maximum atomic E-state index is 12.4. The molecule has 1 heterocycles. The van der Waals surface area contributed by atoms with E-state index in [0.29, 0.717) is 5.69 Å². The lowest BCUT2D eigenvalue weighted by Gasteiger charge is -2.10. The number of hydrogen-bond acceptors (Lipinski definition) is 3. The maximum absolute atomic E-state index is 12.4. The van der Waals surface area contributed by atoms with Crippen LogP contribution in [0.15, 0.2) is 66.9 Å². The molecule has 0 bridgehead atoms. The predicted molar refractivity (Wildman–Crippen MR) is 97.8 cm³/mol. The number of aromatic nitrogens is 1. The van der Waals surface area contributed by atoms with Crippen molar-refractivity contribution in [1.29, 1.82) is 0 Å². The van der Waals surface area contributed by atoms with Crippen LogP contribution in [0.25, 0.3) is 0 Å². The van der Waals surface area contributed by atoms with Crippen LogP contribution in [0.3, 0.4) is 0 Å². The Morgan fingerprint density at radius 3 is 2.42 bits per heavy atom. The Hall–Kier alpha value is -3.14. The number of carbonyl (C=O) groups excluding carboxylic acids is 1. The van der Waals surface area contributed by atoms with Crippen molar-refractivity contribution in [3.63, 3.8) is 0 Å². The third-order valence-electron chi connectivity index (χ3n) is 3.73. The molecule has 2 aromatic carbocycles. The molecule has 0 fully saturated rings. The van der Waals surface area contributed by atoms with Gasteiger partial charge >= 0.3 is 0 Å². The zero-order valence-corrected chi connectivity index (χ0v) is 13.7. The smallest absolute Gasteiger partial charge is 0.274 e. The van der Waals surface area contributed by atoms with Crippen molar-refractivity contribution in [3.8, 4) is 0 Å². The molecule has 4 heteroatoms. The van der Waals surface area contributed by atoms with Crippen molar-refractivity contribution < 1.29 is 4.79 Å². The minimum Gasteiger partial charge on any atom is -0.355 e. The quantitative estimate of drug-likeness (QED) is 0.733. The summed E-state index contributed by atoms with van der Waals surface area (Å²) < 4.78 is 0. The van der Waals surface area contributed by atoms with Crippen LogP contribution in [0.2, 0.25) is 0 Å². The van der Waals surface area contributed by atoms with E-state index >= 15 is 0 Å². The van der Waals surface area contributed by atoms with Gasteiger partial charge in [-0.1, -0.05) is 35.9 Å². The Kier molecular flexibility index (Phi) is 4.57. The zero-order valence-electron chi connectivity index (χ0n) is 13.7. The summed E-state index contributed by atoms with van der Waals surface area (Å²) in [5.74, 6) is -0.225. The van der Waals surface area contributed by atoms with Crippen LogP contribution < -0.4 is 10.6 Å². The Bertz CT molecular complexity index is 857. The number of anilines is 3. The van der Waals surface area contributed by atoms with Crippen molar-refractivity contribution in [1.82, 2.24) is 4.98 Å². The second-order valence-corrected chi connectivity index (χ2v) is 5.69. The van der Waals surface area contributed by atoms with Gasteiger partial charge in [0.15, 0.2) is 0 Å². The molecule has 3 aromatic rings. The number of amides is 1. The van der Waals surface area contributed by atoms with Gasteiger partial charge in [-0.25, -0.2) is 0 Å². The average molecular weight is 317 g/mol. The molecular weight excluding hydrogens is 298 g/mol. The molecule has 0 saturated carbocycles. The molecule has 0 aliphatic heterocycles. The van der Waals surface area contributed by atoms with E-state index in [9.17, 15) is 4.79 Å². The van der Waals surface area contributed by atoms with Crippen LogP contribution in [0.4, 0.5) is 17.1 Å². The largest absolute Gasteiger partial charge is 0.355 e. The van der Waals surface area contributed by atoms with E-state index < -0.39 is 0 Å². The first-order valence-corrected chi connectivity index (χ1v) is 7.78.